The Kier molecular flexibility index (Phi) is 6.64. The zero-order valence-electron chi connectivity index (χ0n) is 22.0. The van der Waals surface area contributed by atoms with Crippen molar-refractivity contribution in [2.45, 2.75) is 37.2 Å². The van der Waals surface area contributed by atoms with Gasteiger partial charge in [-0.2, -0.15) is 0 Å². The number of nitrogen functional groups attached to an aromatic ring is 1. The van der Waals surface area contributed by atoms with Crippen LogP contribution in [0, 0.1) is 0 Å². The van der Waals surface area contributed by atoms with Crippen LogP contribution in [0.4, 0.5) is 5.82 Å². The minimum absolute atomic E-state index is 0.0460. The molecule has 1 aromatic heterocycles. The molecule has 2 heterocycles. The number of aromatic nitrogens is 1. The number of pyridine rings is 1. The molecule has 0 bridgehead atoms. The average molecular weight is 538 g/mol. The fourth-order valence-corrected chi connectivity index (χ4v) is 6.43. The lowest BCUT2D eigenvalue weighted by molar-refractivity contribution is -0.139. The van der Waals surface area contributed by atoms with Gasteiger partial charge < -0.3 is 20.7 Å². The van der Waals surface area contributed by atoms with E-state index in [1.165, 1.54) is 5.56 Å². The molecule has 204 valence electrons. The highest BCUT2D eigenvalue weighted by Crippen LogP contribution is 2.53. The molecule has 0 unspecified atom stereocenters. The molecule has 6 rings (SSSR count). The summed E-state index contributed by atoms with van der Waals surface area (Å²) in [6.45, 7) is 1.45. The lowest BCUT2D eigenvalue weighted by atomic mass is 9.73. The third-order valence-corrected chi connectivity index (χ3v) is 8.43. The topological polar surface area (TPSA) is 126 Å². The van der Waals surface area contributed by atoms with Gasteiger partial charge in [-0.05, 0) is 84.3 Å². The quantitative estimate of drug-likeness (QED) is 0.299. The molecular weight excluding hydrogens is 506 g/mol. The van der Waals surface area contributed by atoms with Gasteiger partial charge in [-0.3, -0.25) is 14.5 Å². The second-order valence-corrected chi connectivity index (χ2v) is 10.9. The van der Waals surface area contributed by atoms with E-state index in [-0.39, 0.29) is 24.5 Å². The van der Waals surface area contributed by atoms with Gasteiger partial charge in [0.2, 0.25) is 0 Å². The van der Waals surface area contributed by atoms with Crippen molar-refractivity contribution in [2.75, 3.05) is 25.4 Å². The highest BCUT2D eigenvalue weighted by atomic mass is 16.5. The number of hydrogen-bond donors (Lipinski definition) is 3. The molecular formula is C32H31N3O5. The Bertz CT molecular complexity index is 1610. The molecule has 40 heavy (non-hydrogen) atoms. The van der Waals surface area contributed by atoms with Crippen LogP contribution in [-0.4, -0.2) is 51.7 Å². The van der Waals surface area contributed by atoms with Gasteiger partial charge >= 0.3 is 11.9 Å². The molecule has 4 N–H and O–H groups in total. The fourth-order valence-electron chi connectivity index (χ4n) is 6.43. The first-order valence-corrected chi connectivity index (χ1v) is 13.5. The highest BCUT2D eigenvalue weighted by molar-refractivity contribution is 5.94. The van der Waals surface area contributed by atoms with Crippen LogP contribution in [0.3, 0.4) is 0 Å². The van der Waals surface area contributed by atoms with E-state index >= 15 is 0 Å². The minimum Gasteiger partial charge on any atom is -0.485 e. The Morgan fingerprint density at radius 1 is 0.975 bits per heavy atom. The van der Waals surface area contributed by atoms with Crippen molar-refractivity contribution < 1.29 is 24.5 Å². The zero-order valence-corrected chi connectivity index (χ0v) is 22.0. The lowest BCUT2D eigenvalue weighted by Gasteiger charge is -2.39. The van der Waals surface area contributed by atoms with Crippen LogP contribution in [0.5, 0.6) is 5.75 Å². The van der Waals surface area contributed by atoms with Crippen LogP contribution >= 0.6 is 0 Å². The number of fused-ring (bicyclic) bond motifs is 3. The number of para-hydroxylation sites is 1. The Balaban J connectivity index is 1.39. The third-order valence-electron chi connectivity index (χ3n) is 8.43. The monoisotopic (exact) mass is 537 g/mol. The number of carboxylic acids is 2. The fraction of sp³-hybridized carbons (Fsp3) is 0.281. The first-order chi connectivity index (χ1) is 19.3. The van der Waals surface area contributed by atoms with E-state index in [1.807, 2.05) is 35.2 Å². The summed E-state index contributed by atoms with van der Waals surface area (Å²) in [6.07, 6.45) is 3.75. The maximum Gasteiger partial charge on any atom is 0.317 e. The number of rotatable bonds is 7. The molecule has 1 atom stereocenters. The van der Waals surface area contributed by atoms with Crippen LogP contribution < -0.4 is 10.5 Å². The van der Waals surface area contributed by atoms with Crippen molar-refractivity contribution in [1.29, 1.82) is 0 Å². The van der Waals surface area contributed by atoms with Gasteiger partial charge in [0.1, 0.15) is 17.7 Å². The second kappa shape index (κ2) is 10.3. The summed E-state index contributed by atoms with van der Waals surface area (Å²) in [6, 6.07) is 22.0. The number of likely N-dealkylation sites (tertiary alicyclic amines) is 1. The third kappa shape index (κ3) is 4.86. The number of nitrogens with two attached hydrogens (primary N) is 1. The first kappa shape index (κ1) is 25.8. The van der Waals surface area contributed by atoms with Crippen LogP contribution in [0.25, 0.3) is 21.9 Å². The predicted molar refractivity (Wildman–Crippen MR) is 152 cm³/mol. The molecule has 1 aliphatic carbocycles. The van der Waals surface area contributed by atoms with Gasteiger partial charge in [-0.15, -0.1) is 0 Å². The molecule has 8 nitrogen and oxygen atoms in total. The number of nitrogens with zero attached hydrogens (tertiary/aromatic N) is 2. The van der Waals surface area contributed by atoms with Crippen molar-refractivity contribution in [3.8, 4) is 16.9 Å². The predicted octanol–water partition coefficient (Wildman–Crippen LogP) is 5.05. The van der Waals surface area contributed by atoms with Crippen LogP contribution in [0.1, 0.15) is 42.1 Å². The van der Waals surface area contributed by atoms with E-state index in [2.05, 4.69) is 35.3 Å². The molecule has 1 spiro atoms. The standard InChI is InChI=1S/C32H31N3O5/c33-31-24-15-21(6-5-20(24)9-12-34-31)22-7-8-26-25(16-22)28(40-27-4-2-1-3-23(27)17-29(36)37)18-32(26)10-13-35(14-11-32)19-30(38)39/h1-9,12,15-16,28H,10-11,13-14,17-19H2,(H2,33,34)(H,36,37)(H,38,39)/t28-/m1/s1. The summed E-state index contributed by atoms with van der Waals surface area (Å²) in [4.78, 5) is 29.0. The normalized spacial score (nSPS) is 18.1. The molecule has 0 radical (unpaired) electrons. The summed E-state index contributed by atoms with van der Waals surface area (Å²) in [5, 5.41) is 20.6. The van der Waals surface area contributed by atoms with Gasteiger partial charge in [0.25, 0.3) is 0 Å². The Labute approximate surface area is 232 Å². The van der Waals surface area contributed by atoms with E-state index in [0.29, 0.717) is 30.2 Å². The van der Waals surface area contributed by atoms with E-state index in [1.54, 1.807) is 12.3 Å². The molecule has 4 aromatic rings. The summed E-state index contributed by atoms with van der Waals surface area (Å²) >= 11 is 0. The van der Waals surface area contributed by atoms with E-state index in [9.17, 15) is 19.8 Å². The number of ether oxygens (including phenoxy) is 1. The molecule has 2 aliphatic rings. The van der Waals surface area contributed by atoms with Crippen molar-refractivity contribution in [1.82, 2.24) is 9.88 Å². The summed E-state index contributed by atoms with van der Waals surface area (Å²) in [5.41, 5.74) is 11.1. The Morgan fingerprint density at radius 2 is 1.73 bits per heavy atom. The SMILES string of the molecule is Nc1nccc2ccc(-c3ccc4c(c3)[C@H](Oc3ccccc3CC(=O)O)CC43CCN(CC(=O)O)CC3)cc12. The summed E-state index contributed by atoms with van der Waals surface area (Å²) in [5.74, 6) is -0.646. The van der Waals surface area contributed by atoms with Crippen LogP contribution in [0.2, 0.25) is 0 Å². The molecule has 8 heteroatoms. The highest BCUT2D eigenvalue weighted by Gasteiger charge is 2.46. The molecule has 1 fully saturated rings. The van der Waals surface area contributed by atoms with Gasteiger partial charge in [0, 0.05) is 22.6 Å². The van der Waals surface area contributed by atoms with Crippen molar-refractivity contribution in [2.24, 2.45) is 0 Å². The number of benzene rings is 3. The second-order valence-electron chi connectivity index (χ2n) is 10.9. The van der Waals surface area contributed by atoms with Gasteiger partial charge in [0.05, 0.1) is 13.0 Å². The Hall–Kier alpha value is -4.43. The molecule has 3 aromatic carbocycles. The number of piperidine rings is 1. The van der Waals surface area contributed by atoms with Crippen LogP contribution in [0.15, 0.2) is 72.9 Å². The lowest BCUT2D eigenvalue weighted by Crippen LogP contribution is -2.43. The molecule has 1 saturated heterocycles. The van der Waals surface area contributed by atoms with Crippen molar-refractivity contribution in [3.05, 3.63) is 89.6 Å². The van der Waals surface area contributed by atoms with Gasteiger partial charge in [-0.25, -0.2) is 4.98 Å². The Morgan fingerprint density at radius 3 is 2.50 bits per heavy atom. The maximum absolute atomic E-state index is 11.5. The van der Waals surface area contributed by atoms with Crippen molar-refractivity contribution in [3.63, 3.8) is 0 Å². The maximum atomic E-state index is 11.5. The first-order valence-electron chi connectivity index (χ1n) is 13.5. The van der Waals surface area contributed by atoms with Gasteiger partial charge in [0.15, 0.2) is 0 Å². The summed E-state index contributed by atoms with van der Waals surface area (Å²) in [7, 11) is 0. The smallest absolute Gasteiger partial charge is 0.317 e. The van der Waals surface area contributed by atoms with E-state index in [4.69, 9.17) is 10.5 Å². The average Bonchev–Trinajstić information content (AvgIpc) is 3.22. The largest absolute Gasteiger partial charge is 0.485 e. The van der Waals surface area contributed by atoms with Crippen LogP contribution in [-0.2, 0) is 21.4 Å². The number of aliphatic carboxylic acids is 2. The minimum atomic E-state index is -0.905. The number of carbonyl (C=O) groups is 2. The summed E-state index contributed by atoms with van der Waals surface area (Å²) < 4.78 is 6.63. The molecule has 0 saturated carbocycles. The van der Waals surface area contributed by atoms with E-state index < -0.39 is 11.9 Å². The molecule has 1 aliphatic heterocycles. The number of hydrogen-bond acceptors (Lipinski definition) is 6. The number of carboxylic acid groups (broad SMARTS) is 2. The van der Waals surface area contributed by atoms with Crippen molar-refractivity contribution >= 4 is 28.5 Å². The molecule has 0 amide bonds. The zero-order chi connectivity index (χ0) is 27.9. The van der Waals surface area contributed by atoms with E-state index in [0.717, 1.165) is 46.7 Å². The van der Waals surface area contributed by atoms with Gasteiger partial charge in [-0.1, -0.05) is 42.5 Å². The number of anilines is 1.